The Labute approximate surface area is 303 Å². The van der Waals surface area contributed by atoms with Crippen LogP contribution in [0.3, 0.4) is 0 Å². The number of aromatic nitrogens is 2. The SMILES string of the molecule is Cc1nc2cccc3c2n1-c1ccc(-c2c4ccccc4c(-c4ccc5c(c4)C(C)(C)c4ccccc4-5)c4ccccc24)cc1N3c1ccccc1. The average molecular weight is 666 g/mol. The van der Waals surface area contributed by atoms with Crippen LogP contribution in [-0.2, 0) is 5.41 Å². The van der Waals surface area contributed by atoms with Crippen molar-refractivity contribution in [3.8, 4) is 39.1 Å². The minimum Gasteiger partial charge on any atom is -0.306 e. The van der Waals surface area contributed by atoms with Crippen LogP contribution in [0, 0.1) is 6.92 Å². The van der Waals surface area contributed by atoms with E-state index in [4.69, 9.17) is 4.98 Å². The van der Waals surface area contributed by atoms with E-state index in [1.165, 1.54) is 66.1 Å². The molecule has 0 radical (unpaired) electrons. The van der Waals surface area contributed by atoms with Gasteiger partial charge in [0.2, 0.25) is 0 Å². The third-order valence-corrected chi connectivity index (χ3v) is 11.6. The van der Waals surface area contributed by atoms with Gasteiger partial charge in [-0.1, -0.05) is 129 Å². The lowest BCUT2D eigenvalue weighted by Gasteiger charge is -2.33. The summed E-state index contributed by atoms with van der Waals surface area (Å²) in [5.41, 5.74) is 17.1. The zero-order valence-corrected chi connectivity index (χ0v) is 29.4. The zero-order valence-electron chi connectivity index (χ0n) is 29.4. The first-order valence-electron chi connectivity index (χ1n) is 18.2. The van der Waals surface area contributed by atoms with Crippen LogP contribution in [0.15, 0.2) is 158 Å². The molecule has 11 rings (SSSR count). The number of nitrogens with zero attached hydrogens (tertiary/aromatic N) is 3. The molecule has 2 heterocycles. The summed E-state index contributed by atoms with van der Waals surface area (Å²) in [4.78, 5) is 7.40. The molecule has 3 nitrogen and oxygen atoms in total. The van der Waals surface area contributed by atoms with Crippen LogP contribution in [0.5, 0.6) is 0 Å². The van der Waals surface area contributed by atoms with Crippen molar-refractivity contribution in [2.75, 3.05) is 4.90 Å². The van der Waals surface area contributed by atoms with E-state index in [1.807, 2.05) is 0 Å². The molecule has 1 aromatic heterocycles. The highest BCUT2D eigenvalue weighted by Crippen LogP contribution is 2.53. The maximum Gasteiger partial charge on any atom is 0.111 e. The van der Waals surface area contributed by atoms with Crippen LogP contribution in [0.4, 0.5) is 17.1 Å². The number of benzene rings is 8. The van der Waals surface area contributed by atoms with Gasteiger partial charge in [0.25, 0.3) is 0 Å². The Morgan fingerprint density at radius 3 is 1.79 bits per heavy atom. The Bertz CT molecular complexity index is 2890. The second-order valence-electron chi connectivity index (χ2n) is 14.8. The Hall–Kier alpha value is -6.45. The highest BCUT2D eigenvalue weighted by Gasteiger charge is 2.35. The zero-order chi connectivity index (χ0) is 34.7. The largest absolute Gasteiger partial charge is 0.306 e. The monoisotopic (exact) mass is 665 g/mol. The number of para-hydroxylation sites is 2. The van der Waals surface area contributed by atoms with Crippen molar-refractivity contribution in [2.45, 2.75) is 26.2 Å². The first kappa shape index (κ1) is 29.3. The Balaban J connectivity index is 1.17. The molecule has 3 heteroatoms. The molecule has 1 aliphatic heterocycles. The summed E-state index contributed by atoms with van der Waals surface area (Å²) < 4.78 is 2.33. The van der Waals surface area contributed by atoms with E-state index in [-0.39, 0.29) is 5.41 Å². The average Bonchev–Trinajstić information content (AvgIpc) is 3.64. The molecule has 0 unspecified atom stereocenters. The van der Waals surface area contributed by atoms with Gasteiger partial charge in [0, 0.05) is 11.1 Å². The van der Waals surface area contributed by atoms with Crippen LogP contribution in [0.2, 0.25) is 0 Å². The van der Waals surface area contributed by atoms with Crippen LogP contribution >= 0.6 is 0 Å². The smallest absolute Gasteiger partial charge is 0.111 e. The molecule has 8 aromatic carbocycles. The minimum absolute atomic E-state index is 0.0704. The summed E-state index contributed by atoms with van der Waals surface area (Å²) >= 11 is 0. The fraction of sp³-hybridized carbons (Fsp3) is 0.0816. The van der Waals surface area contributed by atoms with Crippen LogP contribution in [-0.4, -0.2) is 9.55 Å². The number of aryl methyl sites for hydroxylation is 1. The third kappa shape index (κ3) is 3.88. The lowest BCUT2D eigenvalue weighted by molar-refractivity contribution is 0.660. The van der Waals surface area contributed by atoms with Crippen molar-refractivity contribution < 1.29 is 0 Å². The third-order valence-electron chi connectivity index (χ3n) is 11.6. The molecule has 0 bridgehead atoms. The first-order chi connectivity index (χ1) is 25.5. The summed E-state index contributed by atoms with van der Waals surface area (Å²) in [6.45, 7) is 6.84. The predicted octanol–water partition coefficient (Wildman–Crippen LogP) is 13.1. The lowest BCUT2D eigenvalue weighted by atomic mass is 9.80. The summed E-state index contributed by atoms with van der Waals surface area (Å²) in [5, 5.41) is 5.03. The highest BCUT2D eigenvalue weighted by atomic mass is 15.2. The molecule has 2 aliphatic rings. The highest BCUT2D eigenvalue weighted by molar-refractivity contribution is 6.22. The van der Waals surface area contributed by atoms with E-state index < -0.39 is 0 Å². The van der Waals surface area contributed by atoms with E-state index in [2.05, 4.69) is 188 Å². The lowest BCUT2D eigenvalue weighted by Crippen LogP contribution is -2.18. The maximum absolute atomic E-state index is 4.99. The van der Waals surface area contributed by atoms with E-state index in [0.29, 0.717) is 0 Å². The maximum atomic E-state index is 4.99. The molecule has 246 valence electrons. The van der Waals surface area contributed by atoms with Crippen molar-refractivity contribution in [3.05, 3.63) is 175 Å². The number of hydrogen-bond donors (Lipinski definition) is 0. The molecule has 0 saturated heterocycles. The summed E-state index contributed by atoms with van der Waals surface area (Å²) in [6.07, 6.45) is 0. The van der Waals surface area contributed by atoms with Gasteiger partial charge >= 0.3 is 0 Å². The van der Waals surface area contributed by atoms with Crippen LogP contribution < -0.4 is 4.90 Å². The Morgan fingerprint density at radius 2 is 1.08 bits per heavy atom. The van der Waals surface area contributed by atoms with Gasteiger partial charge < -0.3 is 4.90 Å². The summed E-state index contributed by atoms with van der Waals surface area (Å²) in [5.74, 6) is 0.991. The molecular weight excluding hydrogens is 631 g/mol. The minimum atomic E-state index is -0.0704. The number of hydrogen-bond acceptors (Lipinski definition) is 2. The quantitative estimate of drug-likeness (QED) is 0.175. The Kier molecular flexibility index (Phi) is 5.94. The second-order valence-corrected chi connectivity index (χ2v) is 14.8. The molecule has 9 aromatic rings. The normalized spacial score (nSPS) is 13.8. The molecule has 0 spiro atoms. The topological polar surface area (TPSA) is 21.1 Å². The molecule has 0 fully saturated rings. The van der Waals surface area contributed by atoms with Crippen molar-refractivity contribution in [1.82, 2.24) is 9.55 Å². The molecule has 0 amide bonds. The summed E-state index contributed by atoms with van der Waals surface area (Å²) in [6, 6.07) is 58.2. The molecule has 0 N–H and O–H groups in total. The second kappa shape index (κ2) is 10.5. The van der Waals surface area contributed by atoms with E-state index in [1.54, 1.807) is 0 Å². The van der Waals surface area contributed by atoms with Gasteiger partial charge in [0.05, 0.1) is 28.1 Å². The van der Waals surface area contributed by atoms with E-state index in [0.717, 1.165) is 39.6 Å². The predicted molar refractivity (Wildman–Crippen MR) is 217 cm³/mol. The number of rotatable bonds is 3. The van der Waals surface area contributed by atoms with E-state index >= 15 is 0 Å². The number of fused-ring (bicyclic) bond motifs is 7. The van der Waals surface area contributed by atoms with Crippen LogP contribution in [0.25, 0.3) is 71.6 Å². The van der Waals surface area contributed by atoms with Crippen molar-refractivity contribution in [2.24, 2.45) is 0 Å². The van der Waals surface area contributed by atoms with Gasteiger partial charge in [-0.15, -0.1) is 0 Å². The standard InChI is InChI=1S/C49H35N3/c1-30-50-42-22-13-23-44-48(42)51(30)43-27-25-32(29-45(43)52(44)33-14-5-4-6-15-33)47-38-19-9-7-17-36(38)46(37-18-8-10-20-39(37)47)31-24-26-35-34-16-11-12-21-40(34)49(2,3)41(35)28-31/h4-29H,1-3H3. The van der Waals surface area contributed by atoms with E-state index in [9.17, 15) is 0 Å². The number of imidazole rings is 1. The van der Waals surface area contributed by atoms with Crippen molar-refractivity contribution in [1.29, 1.82) is 0 Å². The molecule has 0 saturated carbocycles. The van der Waals surface area contributed by atoms with Gasteiger partial charge in [0.15, 0.2) is 0 Å². The van der Waals surface area contributed by atoms with Gasteiger partial charge in [-0.3, -0.25) is 4.57 Å². The molecule has 0 atom stereocenters. The van der Waals surface area contributed by atoms with Crippen molar-refractivity contribution >= 4 is 49.6 Å². The van der Waals surface area contributed by atoms with Crippen molar-refractivity contribution in [3.63, 3.8) is 0 Å². The molecule has 1 aliphatic carbocycles. The Morgan fingerprint density at radius 1 is 0.481 bits per heavy atom. The number of anilines is 3. The molecular formula is C49H35N3. The van der Waals surface area contributed by atoms with Gasteiger partial charge in [0.1, 0.15) is 5.82 Å². The molecule has 52 heavy (non-hydrogen) atoms. The summed E-state index contributed by atoms with van der Waals surface area (Å²) in [7, 11) is 0. The fourth-order valence-electron chi connectivity index (χ4n) is 9.34. The van der Waals surface area contributed by atoms with Gasteiger partial charge in [-0.25, -0.2) is 4.98 Å². The first-order valence-corrected chi connectivity index (χ1v) is 18.2. The van der Waals surface area contributed by atoms with Crippen LogP contribution in [0.1, 0.15) is 30.8 Å². The van der Waals surface area contributed by atoms with Gasteiger partial charge in [-0.05, 0) is 115 Å². The van der Waals surface area contributed by atoms with Gasteiger partial charge in [-0.2, -0.15) is 0 Å². The fourth-order valence-corrected chi connectivity index (χ4v) is 9.34.